The molecule has 26 heavy (non-hydrogen) atoms. The summed E-state index contributed by atoms with van der Waals surface area (Å²) in [5, 5.41) is 11.3. The molecule has 0 spiro atoms. The summed E-state index contributed by atoms with van der Waals surface area (Å²) in [4.78, 5) is 12.5. The van der Waals surface area contributed by atoms with Gasteiger partial charge in [-0.05, 0) is 24.3 Å². The highest BCUT2D eigenvalue weighted by Crippen LogP contribution is 2.39. The van der Waals surface area contributed by atoms with Crippen LogP contribution in [-0.2, 0) is 15.1 Å². The van der Waals surface area contributed by atoms with E-state index in [0.717, 1.165) is 0 Å². The van der Waals surface area contributed by atoms with Crippen LogP contribution >= 0.6 is 0 Å². The number of hydrogen-bond donors (Lipinski definition) is 1. The number of methoxy groups -OCH3 is 5. The molecule has 0 fully saturated rings. The van der Waals surface area contributed by atoms with Crippen molar-refractivity contribution in [1.82, 2.24) is 0 Å². The van der Waals surface area contributed by atoms with Crippen LogP contribution in [-0.4, -0.2) is 46.6 Å². The maximum Gasteiger partial charge on any atom is 0.347 e. The Morgan fingerprint density at radius 1 is 0.731 bits per heavy atom. The monoisotopic (exact) mass is 362 g/mol. The summed E-state index contributed by atoms with van der Waals surface area (Å²) in [6, 6.07) is 9.37. The number of hydrogen-bond acceptors (Lipinski definition) is 7. The molecule has 2 aromatic rings. The Bertz CT molecular complexity index is 730. The van der Waals surface area contributed by atoms with Gasteiger partial charge in [-0.1, -0.05) is 12.1 Å². The second kappa shape index (κ2) is 7.97. The maximum absolute atomic E-state index is 12.5. The third-order valence-corrected chi connectivity index (χ3v) is 4.08. The summed E-state index contributed by atoms with van der Waals surface area (Å²) < 4.78 is 25.8. The molecular weight excluding hydrogens is 340 g/mol. The summed E-state index contributed by atoms with van der Waals surface area (Å²) >= 11 is 0. The Morgan fingerprint density at radius 3 is 1.42 bits per heavy atom. The van der Waals surface area contributed by atoms with E-state index < -0.39 is 11.6 Å². The topological polar surface area (TPSA) is 83.5 Å². The third kappa shape index (κ3) is 3.25. The summed E-state index contributed by atoms with van der Waals surface area (Å²) in [5.74, 6) is 0.823. The molecule has 0 aromatic heterocycles. The van der Waals surface area contributed by atoms with Gasteiger partial charge in [0.25, 0.3) is 0 Å². The van der Waals surface area contributed by atoms with Gasteiger partial charge in [0.2, 0.25) is 5.60 Å². The number of aliphatic hydroxyl groups is 1. The first-order chi connectivity index (χ1) is 12.5. The van der Waals surface area contributed by atoms with Crippen LogP contribution in [0.5, 0.6) is 23.0 Å². The molecule has 140 valence electrons. The minimum atomic E-state index is -2.08. The normalized spacial score (nSPS) is 10.8. The van der Waals surface area contributed by atoms with Gasteiger partial charge in [-0.3, -0.25) is 0 Å². The summed E-state index contributed by atoms with van der Waals surface area (Å²) in [5.41, 5.74) is -1.56. The van der Waals surface area contributed by atoms with Crippen LogP contribution in [0.1, 0.15) is 11.1 Å². The van der Waals surface area contributed by atoms with E-state index in [1.54, 1.807) is 24.3 Å². The van der Waals surface area contributed by atoms with Gasteiger partial charge >= 0.3 is 5.97 Å². The lowest BCUT2D eigenvalue weighted by Gasteiger charge is -2.27. The largest absolute Gasteiger partial charge is 0.493 e. The molecule has 0 aliphatic carbocycles. The standard InChI is InChI=1S/C19H22O7/c1-22-14-8-6-12(10-16(14)24-3)19(21,18(20)26-5)13-7-9-15(23-2)17(11-13)25-4/h6-11,21H,1-5H3. The first kappa shape index (κ1) is 19.4. The maximum atomic E-state index is 12.5. The quantitative estimate of drug-likeness (QED) is 0.756. The van der Waals surface area contributed by atoms with Crippen LogP contribution < -0.4 is 18.9 Å². The van der Waals surface area contributed by atoms with Gasteiger partial charge in [-0.25, -0.2) is 4.79 Å². The van der Waals surface area contributed by atoms with E-state index in [1.807, 2.05) is 0 Å². The van der Waals surface area contributed by atoms with Crippen LogP contribution in [0.2, 0.25) is 0 Å². The fourth-order valence-corrected chi connectivity index (χ4v) is 2.67. The summed E-state index contributed by atoms with van der Waals surface area (Å²) in [6.07, 6.45) is 0. The van der Waals surface area contributed by atoms with Gasteiger partial charge in [0, 0.05) is 11.1 Å². The summed E-state index contributed by atoms with van der Waals surface area (Å²) in [6.45, 7) is 0. The lowest BCUT2D eigenvalue weighted by Crippen LogP contribution is -2.38. The first-order valence-electron chi connectivity index (χ1n) is 7.72. The second-order valence-corrected chi connectivity index (χ2v) is 5.34. The van der Waals surface area contributed by atoms with E-state index in [4.69, 9.17) is 23.7 Å². The molecule has 0 atom stereocenters. The van der Waals surface area contributed by atoms with E-state index in [9.17, 15) is 9.90 Å². The fraction of sp³-hybridized carbons (Fsp3) is 0.316. The predicted octanol–water partition coefficient (Wildman–Crippen LogP) is 2.13. The lowest BCUT2D eigenvalue weighted by atomic mass is 9.86. The minimum Gasteiger partial charge on any atom is -0.493 e. The molecule has 0 heterocycles. The fourth-order valence-electron chi connectivity index (χ4n) is 2.67. The third-order valence-electron chi connectivity index (χ3n) is 4.08. The zero-order valence-electron chi connectivity index (χ0n) is 15.4. The zero-order chi connectivity index (χ0) is 19.3. The number of esters is 1. The van der Waals surface area contributed by atoms with Crippen molar-refractivity contribution in [3.8, 4) is 23.0 Å². The van der Waals surface area contributed by atoms with Crippen molar-refractivity contribution in [2.24, 2.45) is 0 Å². The molecule has 7 heteroatoms. The molecule has 1 N–H and O–H groups in total. The molecule has 0 aliphatic rings. The highest BCUT2D eigenvalue weighted by molar-refractivity contribution is 5.86. The molecule has 0 amide bonds. The molecule has 0 bridgehead atoms. The van der Waals surface area contributed by atoms with Crippen molar-refractivity contribution >= 4 is 5.97 Å². The molecule has 7 nitrogen and oxygen atoms in total. The van der Waals surface area contributed by atoms with Gasteiger partial charge in [-0.15, -0.1) is 0 Å². The van der Waals surface area contributed by atoms with E-state index in [-0.39, 0.29) is 11.1 Å². The van der Waals surface area contributed by atoms with Gasteiger partial charge < -0.3 is 28.8 Å². The van der Waals surface area contributed by atoms with E-state index >= 15 is 0 Å². The predicted molar refractivity (Wildman–Crippen MR) is 94.1 cm³/mol. The van der Waals surface area contributed by atoms with E-state index in [1.165, 1.54) is 47.7 Å². The molecule has 2 aromatic carbocycles. The van der Waals surface area contributed by atoms with Crippen molar-refractivity contribution in [2.75, 3.05) is 35.5 Å². The van der Waals surface area contributed by atoms with Gasteiger partial charge in [0.05, 0.1) is 35.5 Å². The van der Waals surface area contributed by atoms with E-state index in [2.05, 4.69) is 0 Å². The lowest BCUT2D eigenvalue weighted by molar-refractivity contribution is -0.158. The number of rotatable bonds is 7. The van der Waals surface area contributed by atoms with Crippen molar-refractivity contribution in [3.05, 3.63) is 47.5 Å². The number of carbonyl (C=O) groups is 1. The number of ether oxygens (including phenoxy) is 5. The molecule has 0 saturated heterocycles. The van der Waals surface area contributed by atoms with Crippen LogP contribution in [0, 0.1) is 0 Å². The van der Waals surface area contributed by atoms with Crippen LogP contribution in [0.4, 0.5) is 0 Å². The number of carbonyl (C=O) groups excluding carboxylic acids is 1. The van der Waals surface area contributed by atoms with Crippen LogP contribution in [0.25, 0.3) is 0 Å². The molecule has 2 rings (SSSR count). The summed E-state index contributed by atoms with van der Waals surface area (Å²) in [7, 11) is 7.13. The Balaban J connectivity index is 2.68. The smallest absolute Gasteiger partial charge is 0.347 e. The highest BCUT2D eigenvalue weighted by atomic mass is 16.5. The molecule has 0 unspecified atom stereocenters. The Kier molecular flexibility index (Phi) is 5.94. The molecule has 0 radical (unpaired) electrons. The van der Waals surface area contributed by atoms with Crippen molar-refractivity contribution in [3.63, 3.8) is 0 Å². The van der Waals surface area contributed by atoms with Crippen LogP contribution in [0.3, 0.4) is 0 Å². The molecule has 0 saturated carbocycles. The number of benzene rings is 2. The first-order valence-corrected chi connectivity index (χ1v) is 7.72. The molecular formula is C19H22O7. The van der Waals surface area contributed by atoms with Crippen molar-refractivity contribution < 1.29 is 33.6 Å². The van der Waals surface area contributed by atoms with E-state index in [0.29, 0.717) is 23.0 Å². The Hall–Kier alpha value is -2.93. The van der Waals surface area contributed by atoms with Crippen molar-refractivity contribution in [2.45, 2.75) is 5.60 Å². The highest BCUT2D eigenvalue weighted by Gasteiger charge is 2.42. The molecule has 0 aliphatic heterocycles. The van der Waals surface area contributed by atoms with Crippen molar-refractivity contribution in [1.29, 1.82) is 0 Å². The SMILES string of the molecule is COC(=O)C(O)(c1ccc(OC)c(OC)c1)c1ccc(OC)c(OC)c1. The minimum absolute atomic E-state index is 0.259. The average Bonchev–Trinajstić information content (AvgIpc) is 2.71. The van der Waals surface area contributed by atoms with Gasteiger partial charge in [0.1, 0.15) is 0 Å². The van der Waals surface area contributed by atoms with Crippen LogP contribution in [0.15, 0.2) is 36.4 Å². The van der Waals surface area contributed by atoms with Gasteiger partial charge in [0.15, 0.2) is 23.0 Å². The Morgan fingerprint density at radius 2 is 1.12 bits per heavy atom. The second-order valence-electron chi connectivity index (χ2n) is 5.34. The zero-order valence-corrected chi connectivity index (χ0v) is 15.4. The Labute approximate surface area is 152 Å². The van der Waals surface area contributed by atoms with Gasteiger partial charge in [-0.2, -0.15) is 0 Å². The average molecular weight is 362 g/mol.